The van der Waals surface area contributed by atoms with Crippen LogP contribution in [0.4, 0.5) is 0 Å². The number of alkyl halides is 1. The predicted molar refractivity (Wildman–Crippen MR) is 87.3 cm³/mol. The molecule has 1 aliphatic rings. The first kappa shape index (κ1) is 16.4. The van der Waals surface area contributed by atoms with Crippen molar-refractivity contribution in [3.05, 3.63) is 17.0 Å². The van der Waals surface area contributed by atoms with Crippen molar-refractivity contribution in [2.75, 3.05) is 38.1 Å². The molecule has 0 aromatic carbocycles. The van der Waals surface area contributed by atoms with Crippen LogP contribution in [0.15, 0.2) is 16.3 Å². The van der Waals surface area contributed by atoms with Crippen LogP contribution < -0.4 is 0 Å². The lowest BCUT2D eigenvalue weighted by molar-refractivity contribution is 0.305. The first-order valence-electron chi connectivity index (χ1n) is 6.95. The zero-order valence-electron chi connectivity index (χ0n) is 11.7. The minimum Gasteiger partial charge on any atom is -0.301 e. The summed E-state index contributed by atoms with van der Waals surface area (Å²) in [5, 5.41) is 0.935. The molecule has 0 spiro atoms. The molecule has 0 amide bonds. The number of rotatable bonds is 5. The van der Waals surface area contributed by atoms with Crippen LogP contribution in [-0.2, 0) is 16.4 Å². The molecule has 4 nitrogen and oxygen atoms in total. The van der Waals surface area contributed by atoms with Crippen LogP contribution in [0.5, 0.6) is 0 Å². The maximum atomic E-state index is 12.6. The van der Waals surface area contributed by atoms with Gasteiger partial charge in [0.25, 0.3) is 10.0 Å². The monoisotopic (exact) mass is 380 g/mol. The summed E-state index contributed by atoms with van der Waals surface area (Å²) in [6.45, 7) is 6.04. The smallest absolute Gasteiger partial charge is 0.252 e. The zero-order valence-corrected chi connectivity index (χ0v) is 14.9. The van der Waals surface area contributed by atoms with Gasteiger partial charge in [-0.05, 0) is 31.5 Å². The normalized spacial score (nSPS) is 19.1. The van der Waals surface area contributed by atoms with Gasteiger partial charge in [-0.3, -0.25) is 0 Å². The van der Waals surface area contributed by atoms with Gasteiger partial charge >= 0.3 is 0 Å². The molecule has 1 fully saturated rings. The first-order chi connectivity index (χ1) is 9.57. The van der Waals surface area contributed by atoms with Gasteiger partial charge in [0, 0.05) is 36.4 Å². The quantitative estimate of drug-likeness (QED) is 0.736. The Balaban J connectivity index is 2.09. The molecule has 7 heteroatoms. The highest BCUT2D eigenvalue weighted by molar-refractivity contribution is 9.09. The summed E-state index contributed by atoms with van der Waals surface area (Å²) in [6.07, 6.45) is 1.79. The van der Waals surface area contributed by atoms with Gasteiger partial charge in [-0.25, -0.2) is 8.42 Å². The van der Waals surface area contributed by atoms with E-state index < -0.39 is 10.0 Å². The van der Waals surface area contributed by atoms with Gasteiger partial charge in [0.1, 0.15) is 4.21 Å². The second-order valence-electron chi connectivity index (χ2n) is 4.86. The Morgan fingerprint density at radius 2 is 2.05 bits per heavy atom. The van der Waals surface area contributed by atoms with Crippen molar-refractivity contribution < 1.29 is 8.42 Å². The van der Waals surface area contributed by atoms with Gasteiger partial charge in [0.2, 0.25) is 0 Å². The average molecular weight is 381 g/mol. The van der Waals surface area contributed by atoms with E-state index in [-0.39, 0.29) is 0 Å². The van der Waals surface area contributed by atoms with Crippen LogP contribution in [-0.4, -0.2) is 55.7 Å². The van der Waals surface area contributed by atoms with Gasteiger partial charge in [-0.2, -0.15) is 4.31 Å². The van der Waals surface area contributed by atoms with E-state index in [1.165, 1.54) is 11.3 Å². The summed E-state index contributed by atoms with van der Waals surface area (Å²) in [6, 6.07) is 3.67. The molecule has 0 unspecified atom stereocenters. The number of nitrogens with zero attached hydrogens (tertiary/aromatic N) is 2. The fraction of sp³-hybridized carbons (Fsp3) is 0.692. The minimum absolute atomic E-state index is 0.489. The van der Waals surface area contributed by atoms with E-state index in [1.807, 2.05) is 13.0 Å². The Morgan fingerprint density at radius 3 is 2.70 bits per heavy atom. The Bertz CT molecular complexity index is 530. The molecule has 1 aliphatic heterocycles. The maximum absolute atomic E-state index is 12.6. The van der Waals surface area contributed by atoms with Crippen molar-refractivity contribution in [2.24, 2.45) is 0 Å². The Hall–Kier alpha value is 0.0500. The predicted octanol–water partition coefficient (Wildman–Crippen LogP) is 2.40. The van der Waals surface area contributed by atoms with Crippen molar-refractivity contribution in [3.63, 3.8) is 0 Å². The van der Waals surface area contributed by atoms with E-state index in [9.17, 15) is 8.42 Å². The van der Waals surface area contributed by atoms with Gasteiger partial charge in [-0.15, -0.1) is 11.3 Å². The molecule has 0 N–H and O–H groups in total. The number of hydrogen-bond acceptors (Lipinski definition) is 4. The van der Waals surface area contributed by atoms with Gasteiger partial charge < -0.3 is 4.90 Å². The average Bonchev–Trinajstić information content (AvgIpc) is 2.80. The number of aryl methyl sites for hydroxylation is 1. The van der Waals surface area contributed by atoms with Crippen LogP contribution in [0.1, 0.15) is 18.2 Å². The van der Waals surface area contributed by atoms with E-state index >= 15 is 0 Å². The number of sulfonamides is 1. The highest BCUT2D eigenvalue weighted by Gasteiger charge is 2.27. The topological polar surface area (TPSA) is 40.6 Å². The molecule has 1 aromatic heterocycles. The molecular formula is C13H21BrN2O2S2. The summed E-state index contributed by atoms with van der Waals surface area (Å²) in [5.74, 6) is 0. The summed E-state index contributed by atoms with van der Waals surface area (Å²) in [4.78, 5) is 3.44. The van der Waals surface area contributed by atoms with Crippen molar-refractivity contribution in [3.8, 4) is 0 Å². The largest absolute Gasteiger partial charge is 0.301 e. The summed E-state index contributed by atoms with van der Waals surface area (Å²) in [5.41, 5.74) is 0. The van der Waals surface area contributed by atoms with Crippen LogP contribution in [0.2, 0.25) is 0 Å². The maximum Gasteiger partial charge on any atom is 0.252 e. The Kier molecular flexibility index (Phi) is 6.04. The Labute approximate surface area is 133 Å². The molecule has 1 aromatic rings. The van der Waals surface area contributed by atoms with E-state index in [1.54, 1.807) is 10.4 Å². The molecule has 2 heterocycles. The van der Waals surface area contributed by atoms with Crippen LogP contribution in [0.25, 0.3) is 0 Å². The molecule has 0 bridgehead atoms. The molecule has 1 saturated heterocycles. The van der Waals surface area contributed by atoms with Gasteiger partial charge in [0.15, 0.2) is 0 Å². The van der Waals surface area contributed by atoms with Crippen LogP contribution >= 0.6 is 27.3 Å². The van der Waals surface area contributed by atoms with Crippen molar-refractivity contribution in [1.29, 1.82) is 0 Å². The third kappa shape index (κ3) is 3.82. The number of hydrogen-bond donors (Lipinski definition) is 0. The SMILES string of the molecule is CCc1ccc(S(=O)(=O)N2CCCN(CCBr)CC2)s1. The zero-order chi connectivity index (χ0) is 14.6. The molecule has 20 heavy (non-hydrogen) atoms. The van der Waals surface area contributed by atoms with E-state index in [0.29, 0.717) is 17.3 Å². The third-order valence-electron chi connectivity index (χ3n) is 3.53. The molecule has 0 aliphatic carbocycles. The number of thiophene rings is 1. The van der Waals surface area contributed by atoms with E-state index in [0.717, 1.165) is 42.7 Å². The lowest BCUT2D eigenvalue weighted by atomic mass is 10.4. The molecule has 0 atom stereocenters. The summed E-state index contributed by atoms with van der Waals surface area (Å²) < 4.78 is 27.4. The fourth-order valence-corrected chi connectivity index (χ4v) is 5.77. The van der Waals surface area contributed by atoms with Crippen molar-refractivity contribution >= 4 is 37.3 Å². The van der Waals surface area contributed by atoms with E-state index in [4.69, 9.17) is 0 Å². The lowest BCUT2D eigenvalue weighted by Gasteiger charge is -2.20. The van der Waals surface area contributed by atoms with Crippen LogP contribution in [0, 0.1) is 0 Å². The highest BCUT2D eigenvalue weighted by Crippen LogP contribution is 2.26. The lowest BCUT2D eigenvalue weighted by Crippen LogP contribution is -2.35. The summed E-state index contributed by atoms with van der Waals surface area (Å²) >= 11 is 4.84. The molecule has 114 valence electrons. The first-order valence-corrected chi connectivity index (χ1v) is 10.3. The second-order valence-corrected chi connectivity index (χ2v) is 8.99. The third-order valence-corrected chi connectivity index (χ3v) is 7.48. The standard InChI is InChI=1S/C13H21BrN2O2S2/c1-2-12-4-5-13(19-12)20(17,18)16-8-3-7-15(9-6-14)10-11-16/h4-5H,2-3,6-11H2,1H3. The molecule has 2 rings (SSSR count). The second kappa shape index (κ2) is 7.35. The summed E-state index contributed by atoms with van der Waals surface area (Å²) in [7, 11) is -3.30. The molecular weight excluding hydrogens is 360 g/mol. The highest BCUT2D eigenvalue weighted by atomic mass is 79.9. The Morgan fingerprint density at radius 1 is 1.25 bits per heavy atom. The minimum atomic E-state index is -3.30. The van der Waals surface area contributed by atoms with Gasteiger partial charge in [-0.1, -0.05) is 22.9 Å². The van der Waals surface area contributed by atoms with Gasteiger partial charge in [0.05, 0.1) is 0 Å². The fourth-order valence-electron chi connectivity index (χ4n) is 2.34. The molecule has 0 radical (unpaired) electrons. The van der Waals surface area contributed by atoms with Crippen molar-refractivity contribution in [2.45, 2.75) is 24.0 Å². The molecule has 0 saturated carbocycles. The van der Waals surface area contributed by atoms with Crippen LogP contribution in [0.3, 0.4) is 0 Å². The number of halogens is 1. The van der Waals surface area contributed by atoms with Crippen molar-refractivity contribution in [1.82, 2.24) is 9.21 Å². The van der Waals surface area contributed by atoms with E-state index in [2.05, 4.69) is 20.8 Å².